The van der Waals surface area contributed by atoms with Crippen LogP contribution in [-0.4, -0.2) is 73.1 Å². The van der Waals surface area contributed by atoms with Crippen molar-refractivity contribution >= 4 is 17.5 Å². The number of nitrogens with one attached hydrogen (secondary N) is 2. The number of rotatable bonds is 5. The molecule has 3 aromatic heterocycles. The number of ether oxygens (including phenoxy) is 1. The minimum atomic E-state index is -0.631. The number of fused-ring (bicyclic) bond motifs is 5. The Bertz CT molecular complexity index is 1780. The van der Waals surface area contributed by atoms with E-state index < -0.39 is 6.04 Å². The van der Waals surface area contributed by atoms with Gasteiger partial charge in [0.1, 0.15) is 17.6 Å². The Labute approximate surface area is 268 Å². The van der Waals surface area contributed by atoms with Gasteiger partial charge in [-0.05, 0) is 36.5 Å². The van der Waals surface area contributed by atoms with Gasteiger partial charge in [0.25, 0.3) is 0 Å². The Balaban J connectivity index is 1.22. The summed E-state index contributed by atoms with van der Waals surface area (Å²) in [6.07, 6.45) is 10.5. The number of benzene rings is 2. The molecule has 1 atom stereocenters. The summed E-state index contributed by atoms with van der Waals surface area (Å²) in [5.74, 6) is 1.39. The number of imidazole rings is 1. The van der Waals surface area contributed by atoms with E-state index in [1.54, 1.807) is 10.7 Å². The van der Waals surface area contributed by atoms with Gasteiger partial charge in [0.05, 0.1) is 19.3 Å². The van der Waals surface area contributed by atoms with Gasteiger partial charge in [0, 0.05) is 67.7 Å². The molecule has 6 rings (SSSR count). The van der Waals surface area contributed by atoms with Crippen LogP contribution in [0.3, 0.4) is 0 Å². The first kappa shape index (κ1) is 31.0. The molecule has 46 heavy (non-hydrogen) atoms. The topological polar surface area (TPSA) is 119 Å². The van der Waals surface area contributed by atoms with E-state index in [4.69, 9.17) is 9.72 Å². The first-order valence-electron chi connectivity index (χ1n) is 15.8. The van der Waals surface area contributed by atoms with Gasteiger partial charge in [-0.15, -0.1) is 0 Å². The Morgan fingerprint density at radius 2 is 1.85 bits per heavy atom. The predicted octanol–water partition coefficient (Wildman–Crippen LogP) is 4.19. The molecule has 0 saturated heterocycles. The average molecular weight is 621 g/mol. The van der Waals surface area contributed by atoms with Crippen molar-refractivity contribution in [1.82, 2.24) is 39.7 Å². The minimum Gasteiger partial charge on any atom is -0.494 e. The SMILES string of the molecule is CC(C)C[C@H]1NC(=O)CN(Cc2cnc3c(-c4ccccc4)cnn3c2)CCCOc2cccc(c2)-c2nccn2CCNC1=O. The molecule has 0 radical (unpaired) electrons. The second-order valence-corrected chi connectivity index (χ2v) is 12.1. The Kier molecular flexibility index (Phi) is 9.68. The molecule has 1 aliphatic heterocycles. The van der Waals surface area contributed by atoms with Gasteiger partial charge in [0.2, 0.25) is 11.8 Å². The lowest BCUT2D eigenvalue weighted by atomic mass is 10.0. The van der Waals surface area contributed by atoms with E-state index in [2.05, 4.69) is 25.6 Å². The van der Waals surface area contributed by atoms with Crippen molar-refractivity contribution in [2.75, 3.05) is 26.2 Å². The molecule has 5 aromatic rings. The fourth-order valence-electron chi connectivity index (χ4n) is 5.81. The maximum absolute atomic E-state index is 13.4. The predicted molar refractivity (Wildman–Crippen MR) is 176 cm³/mol. The number of hydrogen-bond acceptors (Lipinski definition) is 7. The number of nitrogens with zero attached hydrogens (tertiary/aromatic N) is 6. The van der Waals surface area contributed by atoms with Crippen LogP contribution in [0.2, 0.25) is 0 Å². The van der Waals surface area contributed by atoms with Crippen LogP contribution >= 0.6 is 0 Å². The van der Waals surface area contributed by atoms with Crippen LogP contribution in [0, 0.1) is 5.92 Å². The summed E-state index contributed by atoms with van der Waals surface area (Å²) in [6.45, 7) is 6.73. The molecule has 238 valence electrons. The summed E-state index contributed by atoms with van der Waals surface area (Å²) in [5, 5.41) is 10.6. The smallest absolute Gasteiger partial charge is 0.242 e. The summed E-state index contributed by atoms with van der Waals surface area (Å²) in [5.41, 5.74) is 4.65. The molecule has 0 unspecified atom stereocenters. The van der Waals surface area contributed by atoms with Gasteiger partial charge < -0.3 is 19.9 Å². The third-order valence-electron chi connectivity index (χ3n) is 7.97. The first-order valence-corrected chi connectivity index (χ1v) is 15.8. The zero-order valence-electron chi connectivity index (χ0n) is 26.3. The van der Waals surface area contributed by atoms with Crippen LogP contribution in [0.1, 0.15) is 32.3 Å². The third kappa shape index (κ3) is 7.60. The van der Waals surface area contributed by atoms with Crippen molar-refractivity contribution in [2.45, 2.75) is 45.8 Å². The summed E-state index contributed by atoms with van der Waals surface area (Å²) < 4.78 is 9.93. The molecule has 2 amide bonds. The van der Waals surface area contributed by atoms with E-state index in [1.807, 2.05) is 97.8 Å². The molecule has 0 spiro atoms. The monoisotopic (exact) mass is 620 g/mol. The zero-order valence-corrected chi connectivity index (χ0v) is 26.3. The molecule has 0 aliphatic carbocycles. The van der Waals surface area contributed by atoms with Crippen LogP contribution in [0.4, 0.5) is 0 Å². The lowest BCUT2D eigenvalue weighted by Crippen LogP contribution is -2.50. The molecule has 11 heteroatoms. The third-order valence-corrected chi connectivity index (χ3v) is 7.97. The highest BCUT2D eigenvalue weighted by atomic mass is 16.5. The quantitative estimate of drug-likeness (QED) is 0.303. The number of hydrogen-bond donors (Lipinski definition) is 2. The second-order valence-electron chi connectivity index (χ2n) is 12.1. The van der Waals surface area contributed by atoms with Crippen LogP contribution in [-0.2, 0) is 22.7 Å². The van der Waals surface area contributed by atoms with E-state index in [0.717, 1.165) is 39.5 Å². The maximum atomic E-state index is 13.4. The molecular formula is C35H40N8O3. The molecule has 2 aromatic carbocycles. The lowest BCUT2D eigenvalue weighted by molar-refractivity contribution is -0.130. The van der Waals surface area contributed by atoms with Crippen molar-refractivity contribution in [3.8, 4) is 28.3 Å². The van der Waals surface area contributed by atoms with Gasteiger partial charge in [-0.3, -0.25) is 14.5 Å². The minimum absolute atomic E-state index is 0.127. The Morgan fingerprint density at radius 1 is 1.00 bits per heavy atom. The molecule has 2 N–H and O–H groups in total. The number of aromatic nitrogens is 5. The van der Waals surface area contributed by atoms with E-state index in [-0.39, 0.29) is 24.3 Å². The molecule has 0 saturated carbocycles. The molecule has 11 nitrogen and oxygen atoms in total. The first-order chi connectivity index (χ1) is 22.4. The second kappa shape index (κ2) is 14.4. The summed E-state index contributed by atoms with van der Waals surface area (Å²) in [7, 11) is 0. The van der Waals surface area contributed by atoms with Gasteiger partial charge >= 0.3 is 0 Å². The van der Waals surface area contributed by atoms with E-state index in [0.29, 0.717) is 45.6 Å². The Hall–Kier alpha value is -5.03. The molecule has 1 aliphatic rings. The fourth-order valence-corrected chi connectivity index (χ4v) is 5.81. The summed E-state index contributed by atoms with van der Waals surface area (Å²) in [6, 6.07) is 17.3. The van der Waals surface area contributed by atoms with Crippen molar-refractivity contribution < 1.29 is 14.3 Å². The largest absolute Gasteiger partial charge is 0.494 e. The molecule has 2 bridgehead atoms. The van der Waals surface area contributed by atoms with Gasteiger partial charge in [-0.2, -0.15) is 5.10 Å². The highest BCUT2D eigenvalue weighted by Crippen LogP contribution is 2.24. The van der Waals surface area contributed by atoms with Gasteiger partial charge in [-0.25, -0.2) is 14.5 Å². The lowest BCUT2D eigenvalue weighted by Gasteiger charge is -2.25. The van der Waals surface area contributed by atoms with Gasteiger partial charge in [-0.1, -0.05) is 56.3 Å². The van der Waals surface area contributed by atoms with Crippen molar-refractivity contribution in [3.63, 3.8) is 0 Å². The van der Waals surface area contributed by atoms with Crippen LogP contribution in [0.25, 0.3) is 28.2 Å². The highest BCUT2D eigenvalue weighted by molar-refractivity contribution is 5.88. The summed E-state index contributed by atoms with van der Waals surface area (Å²) >= 11 is 0. The standard InChI is InChI=1S/C35H40N8O3/c1-25(2)18-31-35(45)37-13-16-42-15-12-36-33(42)28-10-6-11-29(19-28)46-17-7-14-41(24-32(44)40-31)22-26-20-38-34-30(21-39-43(34)23-26)27-8-4-3-5-9-27/h3-6,8-12,15,19-21,23,25,31H,7,13-14,16-18,22,24H2,1-2H3,(H,37,45)(H,40,44)/t31-/m1/s1. The highest BCUT2D eigenvalue weighted by Gasteiger charge is 2.23. The molecular weight excluding hydrogens is 580 g/mol. The fraction of sp³-hybridized carbons (Fsp3) is 0.343. The number of carbonyl (C=O) groups is 2. The van der Waals surface area contributed by atoms with Crippen LogP contribution < -0.4 is 15.4 Å². The van der Waals surface area contributed by atoms with Crippen molar-refractivity contribution in [1.29, 1.82) is 0 Å². The van der Waals surface area contributed by atoms with Crippen LogP contribution in [0.5, 0.6) is 5.75 Å². The normalized spacial score (nSPS) is 17.1. The number of amides is 2. The van der Waals surface area contributed by atoms with Crippen molar-refractivity contribution in [3.05, 3.63) is 91.1 Å². The average Bonchev–Trinajstić information content (AvgIpc) is 3.70. The molecule has 0 fully saturated rings. The molecule has 4 heterocycles. The van der Waals surface area contributed by atoms with E-state index in [1.165, 1.54) is 0 Å². The van der Waals surface area contributed by atoms with Crippen molar-refractivity contribution in [2.24, 2.45) is 5.92 Å². The van der Waals surface area contributed by atoms with Gasteiger partial charge in [0.15, 0.2) is 5.65 Å². The van der Waals surface area contributed by atoms with E-state index in [9.17, 15) is 9.59 Å². The Morgan fingerprint density at radius 3 is 2.70 bits per heavy atom. The summed E-state index contributed by atoms with van der Waals surface area (Å²) in [4.78, 5) is 38.1. The number of carbonyl (C=O) groups excluding carboxylic acids is 2. The zero-order chi connectivity index (χ0) is 31.9. The van der Waals surface area contributed by atoms with E-state index >= 15 is 0 Å². The maximum Gasteiger partial charge on any atom is 0.242 e. The van der Waals surface area contributed by atoms with Crippen LogP contribution in [0.15, 0.2) is 85.6 Å².